The van der Waals surface area contributed by atoms with Gasteiger partial charge in [0, 0.05) is 24.7 Å². The fourth-order valence-electron chi connectivity index (χ4n) is 3.07. The van der Waals surface area contributed by atoms with Gasteiger partial charge in [-0.3, -0.25) is 19.4 Å². The van der Waals surface area contributed by atoms with Crippen molar-refractivity contribution in [2.75, 3.05) is 22.5 Å². The zero-order valence-corrected chi connectivity index (χ0v) is 18.3. The van der Waals surface area contributed by atoms with Crippen LogP contribution in [-0.4, -0.2) is 39.3 Å². The van der Waals surface area contributed by atoms with E-state index in [1.54, 1.807) is 29.2 Å². The van der Waals surface area contributed by atoms with Crippen molar-refractivity contribution in [2.45, 2.75) is 25.9 Å². The third kappa shape index (κ3) is 5.37. The molecule has 0 aliphatic carbocycles. The first-order valence-corrected chi connectivity index (χ1v) is 10.7. The molecule has 1 heterocycles. The molecule has 8 nitrogen and oxygen atoms in total. The Morgan fingerprint density at radius 1 is 1.10 bits per heavy atom. The van der Waals surface area contributed by atoms with Crippen molar-refractivity contribution in [3.8, 4) is 11.3 Å². The van der Waals surface area contributed by atoms with Crippen LogP contribution in [0.4, 0.5) is 11.4 Å². The highest BCUT2D eigenvalue weighted by Crippen LogP contribution is 2.27. The summed E-state index contributed by atoms with van der Waals surface area (Å²) in [6.07, 6.45) is 0. The van der Waals surface area contributed by atoms with Gasteiger partial charge in [-0.05, 0) is 31.5 Å². The number of rotatable bonds is 7. The van der Waals surface area contributed by atoms with E-state index in [-0.39, 0.29) is 28.4 Å². The Balaban J connectivity index is 1.76. The van der Waals surface area contributed by atoms with Crippen LogP contribution in [0.3, 0.4) is 0 Å². The Morgan fingerprint density at radius 2 is 1.81 bits per heavy atom. The maximum absolute atomic E-state index is 12.7. The molecule has 0 atom stereocenters. The number of hydrogen-bond acceptors (Lipinski definition) is 6. The van der Waals surface area contributed by atoms with Crippen molar-refractivity contribution in [1.82, 2.24) is 15.2 Å². The zero-order valence-electron chi connectivity index (χ0n) is 17.5. The second kappa shape index (κ2) is 10.0. The molecule has 0 bridgehead atoms. The summed E-state index contributed by atoms with van der Waals surface area (Å²) in [5, 5.41) is 11.2. The summed E-state index contributed by atoms with van der Waals surface area (Å²) in [5.74, 6) is -0.273. The zero-order chi connectivity index (χ0) is 22.4. The summed E-state index contributed by atoms with van der Waals surface area (Å²) in [6, 6.07) is 14.5. The number of aromatic nitrogens is 3. The molecule has 2 amide bonds. The highest BCUT2D eigenvalue weighted by molar-refractivity contribution is 7.99. The Kier molecular flexibility index (Phi) is 7.19. The number of benzene rings is 2. The number of H-pyrrole nitrogens is 1. The number of amides is 2. The minimum absolute atomic E-state index is 0.0723. The third-order valence-electron chi connectivity index (χ3n) is 4.58. The molecule has 31 heavy (non-hydrogen) atoms. The van der Waals surface area contributed by atoms with Gasteiger partial charge >= 0.3 is 0 Å². The third-order valence-corrected chi connectivity index (χ3v) is 5.45. The number of carbonyl (C=O) groups is 2. The van der Waals surface area contributed by atoms with Crippen LogP contribution in [0.25, 0.3) is 11.3 Å². The summed E-state index contributed by atoms with van der Waals surface area (Å²) in [4.78, 5) is 41.1. The van der Waals surface area contributed by atoms with Gasteiger partial charge < -0.3 is 10.2 Å². The van der Waals surface area contributed by atoms with Gasteiger partial charge in [0.25, 0.3) is 5.56 Å². The lowest BCUT2D eigenvalue weighted by molar-refractivity contribution is -0.116. The molecular weight excluding hydrogens is 414 g/mol. The van der Waals surface area contributed by atoms with Gasteiger partial charge in [-0.25, -0.2) is 0 Å². The SMILES string of the molecule is CCN(C(C)=O)c1ccccc1-c1nnc(SCC(=O)Nc2ccccc2C)[nH]c1=O. The van der Waals surface area contributed by atoms with Crippen LogP contribution in [0.2, 0.25) is 0 Å². The number of thioether (sulfide) groups is 1. The van der Waals surface area contributed by atoms with Crippen molar-refractivity contribution in [1.29, 1.82) is 0 Å². The number of anilines is 2. The Hall–Kier alpha value is -3.46. The molecule has 9 heteroatoms. The molecule has 2 aromatic carbocycles. The Labute approximate surface area is 184 Å². The fourth-order valence-corrected chi connectivity index (χ4v) is 3.67. The first-order valence-electron chi connectivity index (χ1n) is 9.73. The van der Waals surface area contributed by atoms with Crippen LogP contribution in [0, 0.1) is 6.92 Å². The van der Waals surface area contributed by atoms with E-state index < -0.39 is 5.56 Å². The summed E-state index contributed by atoms with van der Waals surface area (Å²) in [5.41, 5.74) is 2.49. The minimum Gasteiger partial charge on any atom is -0.325 e. The molecule has 1 aromatic heterocycles. The van der Waals surface area contributed by atoms with E-state index in [1.807, 2.05) is 38.1 Å². The standard InChI is InChI=1S/C22H23N5O3S/c1-4-27(15(3)28)18-12-8-6-10-16(18)20-21(30)24-22(26-25-20)31-13-19(29)23-17-11-7-5-9-14(17)2/h5-12H,4,13H2,1-3H3,(H,23,29)(H,24,26,30). The monoisotopic (exact) mass is 437 g/mol. The normalized spacial score (nSPS) is 10.5. The average Bonchev–Trinajstić information content (AvgIpc) is 2.75. The van der Waals surface area contributed by atoms with Crippen LogP contribution in [0.1, 0.15) is 19.4 Å². The lowest BCUT2D eigenvalue weighted by Crippen LogP contribution is -2.29. The molecule has 0 saturated heterocycles. The number of aryl methyl sites for hydroxylation is 1. The minimum atomic E-state index is -0.441. The molecule has 160 valence electrons. The molecule has 0 saturated carbocycles. The van der Waals surface area contributed by atoms with Gasteiger partial charge in [-0.15, -0.1) is 10.2 Å². The maximum atomic E-state index is 12.7. The van der Waals surface area contributed by atoms with Crippen LogP contribution in [0.5, 0.6) is 0 Å². The van der Waals surface area contributed by atoms with Gasteiger partial charge in [0.15, 0.2) is 10.9 Å². The molecule has 3 aromatic rings. The molecule has 0 fully saturated rings. The van der Waals surface area contributed by atoms with Crippen molar-refractivity contribution in [3.05, 3.63) is 64.4 Å². The van der Waals surface area contributed by atoms with Gasteiger partial charge in [0.2, 0.25) is 11.8 Å². The van der Waals surface area contributed by atoms with Crippen LogP contribution >= 0.6 is 11.8 Å². The number of aromatic amines is 1. The summed E-state index contributed by atoms with van der Waals surface area (Å²) >= 11 is 1.09. The van der Waals surface area contributed by atoms with E-state index in [2.05, 4.69) is 20.5 Å². The van der Waals surface area contributed by atoms with Gasteiger partial charge in [0.1, 0.15) is 0 Å². The largest absolute Gasteiger partial charge is 0.325 e. The first-order chi connectivity index (χ1) is 14.9. The molecule has 3 rings (SSSR count). The number of nitrogens with zero attached hydrogens (tertiary/aromatic N) is 3. The van der Waals surface area contributed by atoms with Crippen LogP contribution in [0.15, 0.2) is 58.5 Å². The second-order valence-electron chi connectivity index (χ2n) is 6.74. The molecule has 0 radical (unpaired) electrons. The smallest absolute Gasteiger partial charge is 0.278 e. The molecule has 2 N–H and O–H groups in total. The van der Waals surface area contributed by atoms with Crippen LogP contribution in [-0.2, 0) is 9.59 Å². The Bertz CT molecular complexity index is 1160. The number of para-hydroxylation sites is 2. The first kappa shape index (κ1) is 22.2. The number of carbonyl (C=O) groups excluding carboxylic acids is 2. The van der Waals surface area contributed by atoms with E-state index >= 15 is 0 Å². The van der Waals surface area contributed by atoms with E-state index in [1.165, 1.54) is 6.92 Å². The molecule has 0 aliphatic rings. The topological polar surface area (TPSA) is 108 Å². The van der Waals surface area contributed by atoms with Gasteiger partial charge in [0.05, 0.1) is 11.4 Å². The van der Waals surface area contributed by atoms with E-state index in [0.717, 1.165) is 23.0 Å². The summed E-state index contributed by atoms with van der Waals surface area (Å²) < 4.78 is 0. The summed E-state index contributed by atoms with van der Waals surface area (Å²) in [6.45, 7) is 5.70. The van der Waals surface area contributed by atoms with Crippen molar-refractivity contribution < 1.29 is 9.59 Å². The predicted molar refractivity (Wildman–Crippen MR) is 122 cm³/mol. The Morgan fingerprint density at radius 3 is 2.48 bits per heavy atom. The van der Waals surface area contributed by atoms with Crippen molar-refractivity contribution in [2.24, 2.45) is 0 Å². The van der Waals surface area contributed by atoms with E-state index in [4.69, 9.17) is 0 Å². The predicted octanol–water partition coefficient (Wildman–Crippen LogP) is 3.24. The van der Waals surface area contributed by atoms with Crippen molar-refractivity contribution in [3.63, 3.8) is 0 Å². The molecule has 0 spiro atoms. The van der Waals surface area contributed by atoms with Crippen molar-refractivity contribution >= 4 is 35.0 Å². The maximum Gasteiger partial charge on any atom is 0.278 e. The summed E-state index contributed by atoms with van der Waals surface area (Å²) in [7, 11) is 0. The van der Waals surface area contributed by atoms with Crippen LogP contribution < -0.4 is 15.8 Å². The fraction of sp³-hybridized carbons (Fsp3) is 0.227. The number of hydrogen-bond donors (Lipinski definition) is 2. The average molecular weight is 438 g/mol. The molecule has 0 aliphatic heterocycles. The second-order valence-corrected chi connectivity index (χ2v) is 7.70. The van der Waals surface area contributed by atoms with Gasteiger partial charge in [-0.2, -0.15) is 0 Å². The van der Waals surface area contributed by atoms with Gasteiger partial charge in [-0.1, -0.05) is 48.2 Å². The molecular formula is C22H23N5O3S. The highest BCUT2D eigenvalue weighted by atomic mass is 32.2. The quantitative estimate of drug-likeness (QED) is 0.550. The van der Waals surface area contributed by atoms with E-state index in [0.29, 0.717) is 17.8 Å². The lowest BCUT2D eigenvalue weighted by atomic mass is 10.1. The lowest BCUT2D eigenvalue weighted by Gasteiger charge is -2.21. The van der Waals surface area contributed by atoms with E-state index in [9.17, 15) is 14.4 Å². The highest BCUT2D eigenvalue weighted by Gasteiger charge is 2.18. The number of nitrogens with one attached hydrogen (secondary N) is 2. The molecule has 0 unspecified atom stereocenters.